The molecule has 122 valence electrons. The van der Waals surface area contributed by atoms with E-state index in [4.69, 9.17) is 0 Å². The van der Waals surface area contributed by atoms with Crippen LogP contribution in [0.1, 0.15) is 28.5 Å². The molecule has 0 bridgehead atoms. The maximum atomic E-state index is 13.7. The molecule has 0 aliphatic heterocycles. The van der Waals surface area contributed by atoms with Crippen LogP contribution in [0.5, 0.6) is 0 Å². The molecule has 1 aromatic carbocycles. The number of rotatable bonds is 4. The Hall–Kier alpha value is -2.54. The Bertz CT molecular complexity index is 800. The number of hydrogen-bond acceptors (Lipinski definition) is 3. The lowest BCUT2D eigenvalue weighted by atomic mass is 9.95. The second kappa shape index (κ2) is 6.29. The van der Waals surface area contributed by atoms with Crippen LogP contribution in [0.3, 0.4) is 0 Å². The number of hydrogen-bond donors (Lipinski definition) is 3. The van der Waals surface area contributed by atoms with Crippen LogP contribution in [0.4, 0.5) is 8.78 Å². The molecule has 0 saturated heterocycles. The van der Waals surface area contributed by atoms with Crippen molar-refractivity contribution in [2.24, 2.45) is 0 Å². The fraction of sp³-hybridized carbons (Fsp3) is 0.250. The molecule has 0 radical (unpaired) electrons. The molecule has 1 aromatic heterocycles. The summed E-state index contributed by atoms with van der Waals surface area (Å²) in [6.45, 7) is 2.62. The normalized spacial score (nSPS) is 13.4. The van der Waals surface area contributed by atoms with Gasteiger partial charge in [-0.15, -0.1) is 0 Å². The molecule has 2 aromatic rings. The highest BCUT2D eigenvalue weighted by Gasteiger charge is 2.27. The Morgan fingerprint density at radius 2 is 2.00 bits per heavy atom. The van der Waals surface area contributed by atoms with Gasteiger partial charge in [0, 0.05) is 29.0 Å². The maximum Gasteiger partial charge on any atom is 0.251 e. The Kier molecular flexibility index (Phi) is 4.60. The van der Waals surface area contributed by atoms with Crippen molar-refractivity contribution < 1.29 is 18.7 Å². The average Bonchev–Trinajstić information content (AvgIpc) is 2.43. The molecule has 0 fully saturated rings. The SMILES string of the molecule is Cc1cc(C(=O)NCC(C)(O)c2ccc(F)cc2F)cc(=O)[nH]1. The van der Waals surface area contributed by atoms with E-state index in [0.29, 0.717) is 11.8 Å². The number of aryl methyl sites for hydroxylation is 1. The Labute approximate surface area is 131 Å². The minimum Gasteiger partial charge on any atom is -0.383 e. The van der Waals surface area contributed by atoms with Crippen LogP contribution in [0.15, 0.2) is 35.1 Å². The number of nitrogens with one attached hydrogen (secondary N) is 2. The molecule has 0 spiro atoms. The van der Waals surface area contributed by atoms with Crippen LogP contribution in [0, 0.1) is 18.6 Å². The van der Waals surface area contributed by atoms with Gasteiger partial charge in [0.1, 0.15) is 17.2 Å². The highest BCUT2D eigenvalue weighted by atomic mass is 19.1. The van der Waals surface area contributed by atoms with E-state index in [0.717, 1.165) is 18.2 Å². The summed E-state index contributed by atoms with van der Waals surface area (Å²) in [5, 5.41) is 12.7. The quantitative estimate of drug-likeness (QED) is 0.799. The van der Waals surface area contributed by atoms with Crippen LogP contribution < -0.4 is 10.9 Å². The van der Waals surface area contributed by atoms with E-state index in [9.17, 15) is 23.5 Å². The smallest absolute Gasteiger partial charge is 0.251 e. The minimum atomic E-state index is -1.73. The van der Waals surface area contributed by atoms with E-state index in [1.54, 1.807) is 6.92 Å². The first-order valence-electron chi connectivity index (χ1n) is 6.86. The Morgan fingerprint density at radius 3 is 2.61 bits per heavy atom. The fourth-order valence-corrected chi connectivity index (χ4v) is 2.19. The van der Waals surface area contributed by atoms with Gasteiger partial charge in [0.25, 0.3) is 5.91 Å². The van der Waals surface area contributed by atoms with Crippen molar-refractivity contribution in [2.45, 2.75) is 19.4 Å². The van der Waals surface area contributed by atoms with Gasteiger partial charge in [0.15, 0.2) is 0 Å². The van der Waals surface area contributed by atoms with Gasteiger partial charge in [-0.05, 0) is 26.0 Å². The third-order valence-corrected chi connectivity index (χ3v) is 3.35. The molecule has 1 unspecified atom stereocenters. The van der Waals surface area contributed by atoms with Gasteiger partial charge in [-0.2, -0.15) is 0 Å². The third-order valence-electron chi connectivity index (χ3n) is 3.35. The molecule has 0 aliphatic carbocycles. The van der Waals surface area contributed by atoms with Crippen molar-refractivity contribution in [1.82, 2.24) is 10.3 Å². The zero-order valence-corrected chi connectivity index (χ0v) is 12.6. The largest absolute Gasteiger partial charge is 0.383 e. The lowest BCUT2D eigenvalue weighted by Gasteiger charge is -2.24. The molecule has 1 heterocycles. The standard InChI is InChI=1S/C16H16F2N2O3/c1-9-5-10(6-14(21)20-9)15(22)19-8-16(2,23)12-4-3-11(17)7-13(12)18/h3-7,23H,8H2,1-2H3,(H,19,22)(H,20,21). The lowest BCUT2D eigenvalue weighted by Crippen LogP contribution is -2.39. The summed E-state index contributed by atoms with van der Waals surface area (Å²) >= 11 is 0. The molecular weight excluding hydrogens is 306 g/mol. The van der Waals surface area contributed by atoms with Crippen molar-refractivity contribution in [3.63, 3.8) is 0 Å². The van der Waals surface area contributed by atoms with Gasteiger partial charge < -0.3 is 15.4 Å². The molecule has 0 saturated carbocycles. The predicted molar refractivity (Wildman–Crippen MR) is 80.1 cm³/mol. The summed E-state index contributed by atoms with van der Waals surface area (Å²) in [6, 6.07) is 5.40. The first-order valence-corrected chi connectivity index (χ1v) is 6.86. The molecular formula is C16H16F2N2O3. The van der Waals surface area contributed by atoms with Crippen molar-refractivity contribution >= 4 is 5.91 Å². The monoisotopic (exact) mass is 322 g/mol. The van der Waals surface area contributed by atoms with Gasteiger partial charge in [0.05, 0.1) is 6.54 Å². The zero-order chi connectivity index (χ0) is 17.2. The highest BCUT2D eigenvalue weighted by molar-refractivity contribution is 5.94. The van der Waals surface area contributed by atoms with Crippen LogP contribution >= 0.6 is 0 Å². The summed E-state index contributed by atoms with van der Waals surface area (Å²) in [6.07, 6.45) is 0. The van der Waals surface area contributed by atoms with Crippen LogP contribution in [0.25, 0.3) is 0 Å². The number of halogens is 2. The number of aromatic amines is 1. The summed E-state index contributed by atoms with van der Waals surface area (Å²) in [5.41, 5.74) is -1.66. The van der Waals surface area contributed by atoms with E-state index in [1.807, 2.05) is 0 Å². The van der Waals surface area contributed by atoms with Gasteiger partial charge in [-0.3, -0.25) is 9.59 Å². The van der Waals surface area contributed by atoms with Gasteiger partial charge in [0.2, 0.25) is 5.56 Å². The molecule has 1 atom stereocenters. The Balaban J connectivity index is 2.15. The van der Waals surface area contributed by atoms with Crippen molar-refractivity contribution in [3.8, 4) is 0 Å². The number of pyridine rings is 1. The second-order valence-corrected chi connectivity index (χ2v) is 5.50. The van der Waals surface area contributed by atoms with Crippen LogP contribution in [0.2, 0.25) is 0 Å². The van der Waals surface area contributed by atoms with Crippen molar-refractivity contribution in [2.75, 3.05) is 6.54 Å². The molecule has 7 heteroatoms. The molecule has 0 aliphatic rings. The molecule has 23 heavy (non-hydrogen) atoms. The first-order chi connectivity index (χ1) is 10.7. The predicted octanol–water partition coefficient (Wildman–Crippen LogP) is 1.60. The molecule has 5 nitrogen and oxygen atoms in total. The van der Waals surface area contributed by atoms with Crippen LogP contribution in [-0.2, 0) is 5.60 Å². The van der Waals surface area contributed by atoms with E-state index in [2.05, 4.69) is 10.3 Å². The lowest BCUT2D eigenvalue weighted by molar-refractivity contribution is 0.0494. The van der Waals surface area contributed by atoms with Crippen molar-refractivity contribution in [1.29, 1.82) is 0 Å². The summed E-state index contributed by atoms with van der Waals surface area (Å²) in [5.74, 6) is -2.25. The highest BCUT2D eigenvalue weighted by Crippen LogP contribution is 2.23. The average molecular weight is 322 g/mol. The van der Waals surface area contributed by atoms with E-state index >= 15 is 0 Å². The molecule has 3 N–H and O–H groups in total. The number of aliphatic hydroxyl groups is 1. The fourth-order valence-electron chi connectivity index (χ4n) is 2.19. The topological polar surface area (TPSA) is 82.2 Å². The minimum absolute atomic E-state index is 0.127. The summed E-state index contributed by atoms with van der Waals surface area (Å²) in [4.78, 5) is 25.9. The first kappa shape index (κ1) is 16.8. The number of amides is 1. The summed E-state index contributed by atoms with van der Waals surface area (Å²) < 4.78 is 26.7. The van der Waals surface area contributed by atoms with Crippen LogP contribution in [-0.4, -0.2) is 22.5 Å². The number of carbonyl (C=O) groups excluding carboxylic acids is 1. The van der Waals surface area contributed by atoms with Gasteiger partial charge in [-0.25, -0.2) is 8.78 Å². The third kappa shape index (κ3) is 4.01. The number of aromatic nitrogens is 1. The molecule has 2 rings (SSSR count). The van der Waals surface area contributed by atoms with E-state index < -0.39 is 28.7 Å². The summed E-state index contributed by atoms with van der Waals surface area (Å²) in [7, 11) is 0. The van der Waals surface area contributed by atoms with Gasteiger partial charge >= 0.3 is 0 Å². The van der Waals surface area contributed by atoms with E-state index in [1.165, 1.54) is 13.0 Å². The van der Waals surface area contributed by atoms with E-state index in [-0.39, 0.29) is 17.7 Å². The number of benzene rings is 1. The maximum absolute atomic E-state index is 13.7. The Morgan fingerprint density at radius 1 is 1.30 bits per heavy atom. The number of carbonyl (C=O) groups is 1. The van der Waals surface area contributed by atoms with Gasteiger partial charge in [-0.1, -0.05) is 6.07 Å². The second-order valence-electron chi connectivity index (χ2n) is 5.50. The molecule has 1 amide bonds. The van der Waals surface area contributed by atoms with Crippen molar-refractivity contribution in [3.05, 3.63) is 69.1 Å². The number of H-pyrrole nitrogens is 1. The zero-order valence-electron chi connectivity index (χ0n) is 12.6.